The van der Waals surface area contributed by atoms with Gasteiger partial charge in [0.05, 0.1) is 0 Å². The summed E-state index contributed by atoms with van der Waals surface area (Å²) in [6.07, 6.45) is 2.37. The van der Waals surface area contributed by atoms with Crippen molar-refractivity contribution in [3.05, 3.63) is 35.8 Å². The number of benzene rings is 1. The van der Waals surface area contributed by atoms with Crippen molar-refractivity contribution in [2.75, 3.05) is 16.8 Å². The molecule has 8 nitrogen and oxygen atoms in total. The zero-order valence-corrected chi connectivity index (χ0v) is 11.9. The number of nitrogens with zero attached hydrogens (tertiary/aromatic N) is 5. The number of nitrogens with one attached hydrogen (secondary N) is 2. The van der Waals surface area contributed by atoms with Crippen molar-refractivity contribution < 1.29 is 4.79 Å². The Morgan fingerprint density at radius 1 is 1.55 bits per heavy atom. The predicted molar refractivity (Wildman–Crippen MR) is 79.6 cm³/mol. The molecule has 1 aliphatic heterocycles. The summed E-state index contributed by atoms with van der Waals surface area (Å²) >= 11 is 0. The van der Waals surface area contributed by atoms with Crippen LogP contribution >= 0.6 is 0 Å². The molecule has 2 aromatic rings. The van der Waals surface area contributed by atoms with E-state index < -0.39 is 0 Å². The monoisotopic (exact) mass is 295 g/mol. The second kappa shape index (κ2) is 5.65. The number of hydrogen-bond acceptors (Lipinski definition) is 6. The highest BCUT2D eigenvalue weighted by Gasteiger charge is 2.22. The van der Waals surface area contributed by atoms with Crippen LogP contribution < -0.4 is 10.2 Å². The van der Waals surface area contributed by atoms with Gasteiger partial charge >= 0.3 is 0 Å². The van der Waals surface area contributed by atoms with E-state index in [0.717, 1.165) is 23.4 Å². The number of fused-ring (bicyclic) bond motifs is 1. The van der Waals surface area contributed by atoms with Crippen LogP contribution in [0.3, 0.4) is 0 Å². The Kier molecular flexibility index (Phi) is 3.53. The van der Waals surface area contributed by atoms with E-state index in [1.165, 1.54) is 6.20 Å². The second-order valence-electron chi connectivity index (χ2n) is 4.81. The van der Waals surface area contributed by atoms with Crippen LogP contribution in [0.1, 0.15) is 18.3 Å². The Balaban J connectivity index is 1.84. The van der Waals surface area contributed by atoms with Gasteiger partial charge in [-0.2, -0.15) is 10.5 Å². The van der Waals surface area contributed by atoms with E-state index >= 15 is 0 Å². The van der Waals surface area contributed by atoms with Crippen molar-refractivity contribution in [1.29, 1.82) is 5.26 Å². The van der Waals surface area contributed by atoms with Crippen LogP contribution in [0.2, 0.25) is 0 Å². The third-order valence-electron chi connectivity index (χ3n) is 3.45. The summed E-state index contributed by atoms with van der Waals surface area (Å²) in [5.74, 6) is 0.248. The molecule has 1 aliphatic rings. The molecule has 0 radical (unpaired) electrons. The maximum Gasteiger partial charge on any atom is 0.223 e. The molecule has 1 aromatic carbocycles. The minimum Gasteiger partial charge on any atom is -0.360 e. The van der Waals surface area contributed by atoms with Crippen molar-refractivity contribution >= 4 is 22.9 Å². The van der Waals surface area contributed by atoms with Gasteiger partial charge in [0.1, 0.15) is 11.6 Å². The van der Waals surface area contributed by atoms with Crippen molar-refractivity contribution in [3.8, 4) is 6.07 Å². The van der Waals surface area contributed by atoms with E-state index in [1.54, 1.807) is 11.8 Å². The number of allylic oxidation sites excluding steroid dienone is 1. The maximum absolute atomic E-state index is 11.6. The Morgan fingerprint density at radius 2 is 2.41 bits per heavy atom. The molecular formula is C14H13N7O. The van der Waals surface area contributed by atoms with Gasteiger partial charge in [0.25, 0.3) is 0 Å². The molecular weight excluding hydrogens is 282 g/mol. The zero-order valence-electron chi connectivity index (χ0n) is 11.9. The first-order chi connectivity index (χ1) is 10.7. The molecule has 0 fully saturated rings. The van der Waals surface area contributed by atoms with Gasteiger partial charge < -0.3 is 10.2 Å². The largest absolute Gasteiger partial charge is 0.360 e. The molecule has 110 valence electrons. The van der Waals surface area contributed by atoms with Crippen LogP contribution in [0, 0.1) is 11.3 Å². The third kappa shape index (κ3) is 2.52. The highest BCUT2D eigenvalue weighted by atomic mass is 16.2. The van der Waals surface area contributed by atoms with Gasteiger partial charge in [-0.3, -0.25) is 4.79 Å². The Morgan fingerprint density at radius 3 is 3.09 bits per heavy atom. The summed E-state index contributed by atoms with van der Waals surface area (Å²) in [4.78, 5) is 13.4. The summed E-state index contributed by atoms with van der Waals surface area (Å²) < 4.78 is 0. The third-order valence-corrected chi connectivity index (χ3v) is 3.45. The fourth-order valence-corrected chi connectivity index (χ4v) is 2.37. The molecule has 8 heteroatoms. The van der Waals surface area contributed by atoms with Crippen LogP contribution in [-0.2, 0) is 11.2 Å². The summed E-state index contributed by atoms with van der Waals surface area (Å²) in [7, 11) is 0. The van der Waals surface area contributed by atoms with E-state index in [9.17, 15) is 4.79 Å². The lowest BCUT2D eigenvalue weighted by Crippen LogP contribution is -2.25. The maximum atomic E-state index is 11.6. The van der Waals surface area contributed by atoms with Crippen LogP contribution in [0.4, 0.5) is 11.4 Å². The van der Waals surface area contributed by atoms with Gasteiger partial charge in [-0.1, -0.05) is 6.07 Å². The first-order valence-electron chi connectivity index (χ1n) is 6.70. The van der Waals surface area contributed by atoms with E-state index in [1.807, 2.05) is 24.3 Å². The molecule has 0 bridgehead atoms. The molecule has 0 spiro atoms. The molecule has 22 heavy (non-hydrogen) atoms. The van der Waals surface area contributed by atoms with E-state index in [4.69, 9.17) is 5.26 Å². The van der Waals surface area contributed by atoms with Crippen molar-refractivity contribution in [2.24, 2.45) is 0 Å². The molecule has 0 saturated carbocycles. The van der Waals surface area contributed by atoms with Gasteiger partial charge in [0.2, 0.25) is 11.7 Å². The molecule has 3 rings (SSSR count). The van der Waals surface area contributed by atoms with E-state index in [-0.39, 0.29) is 17.3 Å². The average Bonchev–Trinajstić information content (AvgIpc) is 3.16. The Hall–Kier alpha value is -3.21. The topological polar surface area (TPSA) is 111 Å². The number of carbonyl (C=O) groups is 1. The number of amides is 1. The number of nitriles is 1. The van der Waals surface area contributed by atoms with Gasteiger partial charge in [0.15, 0.2) is 0 Å². The number of anilines is 2. The minimum atomic E-state index is 0.0240. The van der Waals surface area contributed by atoms with Crippen LogP contribution in [0.25, 0.3) is 5.57 Å². The molecule has 0 saturated heterocycles. The van der Waals surface area contributed by atoms with Gasteiger partial charge in [-0.25, -0.2) is 0 Å². The van der Waals surface area contributed by atoms with Gasteiger partial charge in [0, 0.05) is 31.0 Å². The van der Waals surface area contributed by atoms with Crippen LogP contribution in [0.15, 0.2) is 24.4 Å². The summed E-state index contributed by atoms with van der Waals surface area (Å²) in [6.45, 7) is 2.26. The van der Waals surface area contributed by atoms with E-state index in [0.29, 0.717) is 6.54 Å². The standard InChI is InChI=1S/C14H13N7O/c1-9(22)21-5-4-10-2-3-12(6-13(10)21)16-8-11(7-15)14-17-19-20-18-14/h2-3,6,8,16H,4-5H2,1H3,(H,17,18,19,20). The fraction of sp³-hybridized carbons (Fsp3) is 0.214. The quantitative estimate of drug-likeness (QED) is 0.820. The molecule has 1 aromatic heterocycles. The normalized spacial score (nSPS) is 13.6. The van der Waals surface area contributed by atoms with Crippen LogP contribution in [-0.4, -0.2) is 33.1 Å². The van der Waals surface area contributed by atoms with Crippen molar-refractivity contribution in [1.82, 2.24) is 20.6 Å². The predicted octanol–water partition coefficient (Wildman–Crippen LogP) is 1.09. The number of tetrazole rings is 1. The lowest BCUT2D eigenvalue weighted by atomic mass is 10.1. The first-order valence-corrected chi connectivity index (χ1v) is 6.70. The number of rotatable bonds is 3. The number of aromatic amines is 1. The van der Waals surface area contributed by atoms with Gasteiger partial charge in [-0.15, -0.1) is 10.2 Å². The molecule has 0 aliphatic carbocycles. The highest BCUT2D eigenvalue weighted by molar-refractivity contribution is 5.94. The number of hydrogen-bond donors (Lipinski definition) is 2. The number of aromatic nitrogens is 4. The zero-order chi connectivity index (χ0) is 15.5. The fourth-order valence-electron chi connectivity index (χ4n) is 2.37. The average molecular weight is 295 g/mol. The van der Waals surface area contributed by atoms with Gasteiger partial charge in [-0.05, 0) is 29.3 Å². The van der Waals surface area contributed by atoms with Crippen molar-refractivity contribution in [3.63, 3.8) is 0 Å². The summed E-state index contributed by atoms with van der Waals surface area (Å²) in [5, 5.41) is 25.4. The molecule has 1 amide bonds. The summed E-state index contributed by atoms with van der Waals surface area (Å²) in [5.41, 5.74) is 3.09. The second-order valence-corrected chi connectivity index (χ2v) is 4.81. The Labute approximate surface area is 126 Å². The smallest absolute Gasteiger partial charge is 0.223 e. The van der Waals surface area contributed by atoms with Crippen molar-refractivity contribution in [2.45, 2.75) is 13.3 Å². The van der Waals surface area contributed by atoms with E-state index in [2.05, 4.69) is 25.9 Å². The first kappa shape index (κ1) is 13.8. The highest BCUT2D eigenvalue weighted by Crippen LogP contribution is 2.31. The molecule has 0 unspecified atom stereocenters. The minimum absolute atomic E-state index is 0.0240. The molecule has 2 N–H and O–H groups in total. The number of H-pyrrole nitrogens is 1. The molecule has 2 heterocycles. The molecule has 0 atom stereocenters. The lowest BCUT2D eigenvalue weighted by molar-refractivity contribution is -0.116. The Bertz CT molecular complexity index is 773. The SMILES string of the molecule is CC(=O)N1CCc2ccc(NC=C(C#N)c3nn[nH]n3)cc21. The van der Waals surface area contributed by atoms with Crippen LogP contribution in [0.5, 0.6) is 0 Å². The lowest BCUT2D eigenvalue weighted by Gasteiger charge is -2.15. The summed E-state index contributed by atoms with van der Waals surface area (Å²) in [6, 6.07) is 7.79. The number of carbonyl (C=O) groups excluding carboxylic acids is 1.